The van der Waals surface area contributed by atoms with Gasteiger partial charge >= 0.3 is 0 Å². The predicted molar refractivity (Wildman–Crippen MR) is 113 cm³/mol. The molecule has 0 amide bonds. The van der Waals surface area contributed by atoms with E-state index in [0.29, 0.717) is 16.2 Å². The average Bonchev–Trinajstić information content (AvgIpc) is 2.65. The van der Waals surface area contributed by atoms with Crippen LogP contribution in [0.15, 0.2) is 67.0 Å². The topological polar surface area (TPSA) is 39.0 Å². The molecule has 1 aromatic heterocycles. The number of pyridine rings is 1. The number of aromatic nitrogens is 1. The van der Waals surface area contributed by atoms with Crippen molar-refractivity contribution in [3.63, 3.8) is 0 Å². The fourth-order valence-corrected chi connectivity index (χ4v) is 3.17. The number of aryl methyl sites for hydroxylation is 3. The second-order valence-electron chi connectivity index (χ2n) is 6.75. The molecule has 3 nitrogen and oxygen atoms in total. The van der Waals surface area contributed by atoms with Crippen molar-refractivity contribution in [3.8, 4) is 0 Å². The molecule has 3 rings (SSSR count). The van der Waals surface area contributed by atoms with Crippen LogP contribution in [0.4, 0.5) is 10.1 Å². The molecule has 0 radical (unpaired) electrons. The summed E-state index contributed by atoms with van der Waals surface area (Å²) in [6.45, 7) is 5.92. The monoisotopic (exact) mass is 392 g/mol. The summed E-state index contributed by atoms with van der Waals surface area (Å²) in [5.41, 5.74) is 4.63. The fraction of sp³-hybridized carbons (Fsp3) is 0.130. The summed E-state index contributed by atoms with van der Waals surface area (Å²) < 4.78 is 15.0. The van der Waals surface area contributed by atoms with Gasteiger partial charge in [0.15, 0.2) is 17.4 Å². The Labute approximate surface area is 169 Å². The largest absolute Gasteiger partial charge is 0.867 e. The van der Waals surface area contributed by atoms with Crippen molar-refractivity contribution in [3.05, 3.63) is 95.1 Å². The Morgan fingerprint density at radius 3 is 2.39 bits per heavy atom. The smallest absolute Gasteiger partial charge is 0.238 e. The van der Waals surface area contributed by atoms with Gasteiger partial charge in [-0.15, -0.1) is 0 Å². The van der Waals surface area contributed by atoms with Crippen LogP contribution in [0.2, 0.25) is 0 Å². The maximum absolute atomic E-state index is 13.3. The van der Waals surface area contributed by atoms with Gasteiger partial charge in [-0.3, -0.25) is 0 Å². The van der Waals surface area contributed by atoms with E-state index in [1.54, 1.807) is 10.8 Å². The van der Waals surface area contributed by atoms with Crippen LogP contribution < -0.4 is 15.0 Å². The van der Waals surface area contributed by atoms with E-state index in [1.807, 2.05) is 57.3 Å². The molecule has 28 heavy (non-hydrogen) atoms. The van der Waals surface area contributed by atoms with Crippen LogP contribution in [0.25, 0.3) is 11.5 Å². The van der Waals surface area contributed by atoms with Gasteiger partial charge in [-0.25, -0.2) is 4.39 Å². The van der Waals surface area contributed by atoms with Crippen LogP contribution in [0.5, 0.6) is 0 Å². The fourth-order valence-electron chi connectivity index (χ4n) is 2.86. The predicted octanol–water partition coefficient (Wildman–Crippen LogP) is 4.16. The maximum atomic E-state index is 13.3. The average molecular weight is 392 g/mol. The van der Waals surface area contributed by atoms with Crippen molar-refractivity contribution in [1.29, 1.82) is 0 Å². The summed E-state index contributed by atoms with van der Waals surface area (Å²) in [6.07, 6.45) is 3.62. The molecule has 1 N–H and O–H groups in total. The van der Waals surface area contributed by atoms with Gasteiger partial charge < -0.3 is 10.4 Å². The van der Waals surface area contributed by atoms with Crippen LogP contribution in [0, 0.1) is 26.6 Å². The zero-order valence-electron chi connectivity index (χ0n) is 16.0. The zero-order chi connectivity index (χ0) is 20.3. The molecule has 0 saturated carbocycles. The third-order valence-electron chi connectivity index (χ3n) is 4.38. The minimum absolute atomic E-state index is 0.279. The minimum Gasteiger partial charge on any atom is -0.867 e. The molecule has 0 aliphatic rings. The molecule has 5 heteroatoms. The molecule has 0 bridgehead atoms. The molecule has 2 aromatic carbocycles. The molecular formula is C23H21FN2OS. The van der Waals surface area contributed by atoms with E-state index in [0.717, 1.165) is 22.4 Å². The molecule has 1 heterocycles. The van der Waals surface area contributed by atoms with Crippen molar-refractivity contribution in [2.24, 2.45) is 0 Å². The summed E-state index contributed by atoms with van der Waals surface area (Å²) in [7, 11) is 0. The highest BCUT2D eigenvalue weighted by Gasteiger charge is 2.19. The number of rotatable bonds is 4. The van der Waals surface area contributed by atoms with E-state index >= 15 is 0 Å². The number of thiocarbonyl (C=S) groups is 1. The van der Waals surface area contributed by atoms with E-state index < -0.39 is 5.82 Å². The number of nitrogens with one attached hydrogen (secondary N) is 1. The minimum atomic E-state index is -0.391. The summed E-state index contributed by atoms with van der Waals surface area (Å²) in [6, 6.07) is 15.3. The van der Waals surface area contributed by atoms with Gasteiger partial charge in [-0.05, 0) is 67.5 Å². The van der Waals surface area contributed by atoms with Crippen molar-refractivity contribution in [1.82, 2.24) is 0 Å². The van der Waals surface area contributed by atoms with Gasteiger partial charge in [0.1, 0.15) is 5.82 Å². The SMILES string of the molecule is Cc1ccc(C)c(NC(=S)/C(=C(\[O-])c2ccc(F)cc2)[n+]2cccc(C)c2)c1. The lowest BCUT2D eigenvalue weighted by Gasteiger charge is -2.18. The van der Waals surface area contributed by atoms with Crippen molar-refractivity contribution < 1.29 is 14.1 Å². The van der Waals surface area contributed by atoms with E-state index in [1.165, 1.54) is 24.3 Å². The summed E-state index contributed by atoms with van der Waals surface area (Å²) in [4.78, 5) is 0.304. The molecular weight excluding hydrogens is 371 g/mol. The Balaban J connectivity index is 2.10. The molecule has 0 fully saturated rings. The Kier molecular flexibility index (Phi) is 5.85. The highest BCUT2D eigenvalue weighted by atomic mass is 32.1. The van der Waals surface area contributed by atoms with Crippen LogP contribution in [0.1, 0.15) is 22.3 Å². The Bertz CT molecular complexity index is 1060. The summed E-state index contributed by atoms with van der Waals surface area (Å²) >= 11 is 5.62. The first-order valence-corrected chi connectivity index (χ1v) is 9.30. The molecule has 0 atom stereocenters. The van der Waals surface area contributed by atoms with Gasteiger partial charge in [-0.1, -0.05) is 36.5 Å². The molecule has 0 saturated heterocycles. The first kappa shape index (κ1) is 19.7. The maximum Gasteiger partial charge on any atom is 0.238 e. The number of hydrogen-bond acceptors (Lipinski definition) is 2. The Morgan fingerprint density at radius 1 is 1.00 bits per heavy atom. The summed E-state index contributed by atoms with van der Waals surface area (Å²) in [5.74, 6) is -0.671. The molecule has 3 aromatic rings. The zero-order valence-corrected chi connectivity index (χ0v) is 16.8. The first-order valence-electron chi connectivity index (χ1n) is 8.89. The molecule has 142 valence electrons. The molecule has 0 aliphatic heterocycles. The van der Waals surface area contributed by atoms with Crippen LogP contribution in [0.3, 0.4) is 0 Å². The lowest BCUT2D eigenvalue weighted by Crippen LogP contribution is -2.40. The Morgan fingerprint density at radius 2 is 1.71 bits per heavy atom. The second-order valence-corrected chi connectivity index (χ2v) is 7.15. The van der Waals surface area contributed by atoms with E-state index in [4.69, 9.17) is 12.2 Å². The quantitative estimate of drug-likeness (QED) is 0.314. The van der Waals surface area contributed by atoms with Crippen molar-refractivity contribution in [2.75, 3.05) is 5.32 Å². The number of halogens is 1. The molecule has 0 unspecified atom stereocenters. The van der Waals surface area contributed by atoms with Gasteiger partial charge in [0.05, 0.1) is 0 Å². The lowest BCUT2D eigenvalue weighted by molar-refractivity contribution is -0.578. The number of hydrogen-bond donors (Lipinski definition) is 1. The highest BCUT2D eigenvalue weighted by molar-refractivity contribution is 7.81. The first-order chi connectivity index (χ1) is 13.3. The standard InChI is InChI=1S/C23H21FN2OS/c1-15-6-7-17(3)20(13-15)25-23(28)21(26-12-4-5-16(2)14-26)22(27)18-8-10-19(24)11-9-18/h4-14H,1-3H3,(H-,25,27,28). The number of nitrogens with zero attached hydrogens (tertiary/aromatic N) is 1. The van der Waals surface area contributed by atoms with Crippen molar-refractivity contribution >= 4 is 34.3 Å². The molecule has 0 spiro atoms. The highest BCUT2D eigenvalue weighted by Crippen LogP contribution is 2.20. The van der Waals surface area contributed by atoms with Gasteiger partial charge in [0, 0.05) is 17.3 Å². The third kappa shape index (κ3) is 4.43. The van der Waals surface area contributed by atoms with E-state index in [2.05, 4.69) is 5.32 Å². The van der Waals surface area contributed by atoms with Crippen molar-refractivity contribution in [2.45, 2.75) is 20.8 Å². The number of anilines is 1. The second kappa shape index (κ2) is 8.31. The molecule has 0 aliphatic carbocycles. The Hall–Kier alpha value is -3.05. The van der Waals surface area contributed by atoms with Gasteiger partial charge in [-0.2, -0.15) is 4.57 Å². The van der Waals surface area contributed by atoms with Crippen LogP contribution in [-0.2, 0) is 0 Å². The number of benzene rings is 2. The lowest BCUT2D eigenvalue weighted by atomic mass is 10.1. The van der Waals surface area contributed by atoms with Crippen LogP contribution in [-0.4, -0.2) is 4.99 Å². The van der Waals surface area contributed by atoms with Crippen LogP contribution >= 0.6 is 12.2 Å². The normalized spacial score (nSPS) is 11.7. The van der Waals surface area contributed by atoms with E-state index in [9.17, 15) is 9.50 Å². The van der Waals surface area contributed by atoms with Gasteiger partial charge in [0.25, 0.3) is 0 Å². The summed E-state index contributed by atoms with van der Waals surface area (Å²) in [5, 5.41) is 16.5. The third-order valence-corrected chi connectivity index (χ3v) is 4.68. The van der Waals surface area contributed by atoms with E-state index in [-0.39, 0.29) is 5.76 Å². The van der Waals surface area contributed by atoms with Gasteiger partial charge in [0.2, 0.25) is 5.70 Å².